The first-order valence-electron chi connectivity index (χ1n) is 5.66. The molecule has 0 aromatic heterocycles. The number of carbonyl (C=O) groups excluding carboxylic acids is 1. The van der Waals surface area contributed by atoms with E-state index in [-0.39, 0.29) is 12.0 Å². The number of benzene rings is 1. The van der Waals surface area contributed by atoms with Crippen LogP contribution in [0.5, 0.6) is 0 Å². The van der Waals surface area contributed by atoms with Crippen molar-refractivity contribution in [1.82, 2.24) is 0 Å². The predicted molar refractivity (Wildman–Crippen MR) is 63.5 cm³/mol. The molecule has 1 saturated heterocycles. The minimum Gasteiger partial charge on any atom is -0.368 e. The summed E-state index contributed by atoms with van der Waals surface area (Å²) in [5.41, 5.74) is 3.12. The molecule has 3 nitrogen and oxygen atoms in total. The molecule has 0 aliphatic carbocycles. The second kappa shape index (κ2) is 4.66. The highest BCUT2D eigenvalue weighted by molar-refractivity contribution is 5.95. The Morgan fingerprint density at radius 2 is 2.25 bits per heavy atom. The molecular weight excluding hydrogens is 202 g/mol. The largest absolute Gasteiger partial charge is 0.368 e. The van der Waals surface area contributed by atoms with Crippen LogP contribution in [0.2, 0.25) is 0 Å². The predicted octanol–water partition coefficient (Wildman–Crippen LogP) is 2.42. The quantitative estimate of drug-likeness (QED) is 0.829. The van der Waals surface area contributed by atoms with Gasteiger partial charge in [-0.05, 0) is 43.9 Å². The van der Waals surface area contributed by atoms with Crippen LogP contribution in [0.1, 0.15) is 24.0 Å². The van der Waals surface area contributed by atoms with Crippen LogP contribution in [0.25, 0.3) is 0 Å². The van der Waals surface area contributed by atoms with Gasteiger partial charge in [0.25, 0.3) is 5.91 Å². The van der Waals surface area contributed by atoms with Gasteiger partial charge in [-0.2, -0.15) is 0 Å². The van der Waals surface area contributed by atoms with Crippen molar-refractivity contribution >= 4 is 11.6 Å². The molecule has 2 rings (SSSR count). The average Bonchev–Trinajstić information content (AvgIpc) is 2.76. The molecule has 1 N–H and O–H groups in total. The second-order valence-electron chi connectivity index (χ2n) is 4.31. The standard InChI is InChI=1S/C13H17NO2/c1-9-5-6-10(2)11(8-9)14-13(15)12-4-3-7-16-12/h5-6,8,12H,3-4,7H2,1-2H3,(H,14,15)/t12-/m0/s1. The third-order valence-corrected chi connectivity index (χ3v) is 2.87. The fourth-order valence-corrected chi connectivity index (χ4v) is 1.87. The molecule has 1 aromatic carbocycles. The smallest absolute Gasteiger partial charge is 0.253 e. The summed E-state index contributed by atoms with van der Waals surface area (Å²) in [6, 6.07) is 6.04. The Labute approximate surface area is 95.8 Å². The van der Waals surface area contributed by atoms with Gasteiger partial charge >= 0.3 is 0 Å². The van der Waals surface area contributed by atoms with Crippen molar-refractivity contribution in [3.05, 3.63) is 29.3 Å². The zero-order valence-electron chi connectivity index (χ0n) is 9.75. The summed E-state index contributed by atoms with van der Waals surface area (Å²) >= 11 is 0. The third-order valence-electron chi connectivity index (χ3n) is 2.87. The van der Waals surface area contributed by atoms with Crippen LogP contribution in [-0.4, -0.2) is 18.6 Å². The Morgan fingerprint density at radius 1 is 1.44 bits per heavy atom. The number of hydrogen-bond donors (Lipinski definition) is 1. The Hall–Kier alpha value is -1.35. The van der Waals surface area contributed by atoms with E-state index >= 15 is 0 Å². The molecule has 1 aliphatic heterocycles. The first kappa shape index (κ1) is 11.1. The monoisotopic (exact) mass is 219 g/mol. The van der Waals surface area contributed by atoms with E-state index in [0.717, 1.165) is 29.7 Å². The topological polar surface area (TPSA) is 38.3 Å². The summed E-state index contributed by atoms with van der Waals surface area (Å²) in [7, 11) is 0. The maximum Gasteiger partial charge on any atom is 0.253 e. The number of rotatable bonds is 2. The average molecular weight is 219 g/mol. The maximum atomic E-state index is 11.8. The number of amides is 1. The van der Waals surface area contributed by atoms with E-state index in [2.05, 4.69) is 5.32 Å². The summed E-state index contributed by atoms with van der Waals surface area (Å²) in [6.45, 7) is 4.70. The Bertz CT molecular complexity index is 395. The number of nitrogens with one attached hydrogen (secondary N) is 1. The Kier molecular flexibility index (Phi) is 3.25. The highest BCUT2D eigenvalue weighted by Gasteiger charge is 2.23. The molecular formula is C13H17NO2. The number of ether oxygens (including phenoxy) is 1. The molecule has 1 aromatic rings. The summed E-state index contributed by atoms with van der Waals surface area (Å²) in [4.78, 5) is 11.8. The lowest BCUT2D eigenvalue weighted by Gasteiger charge is -2.12. The molecule has 16 heavy (non-hydrogen) atoms. The van der Waals surface area contributed by atoms with E-state index in [0.29, 0.717) is 6.61 Å². The molecule has 3 heteroatoms. The number of aryl methyl sites for hydroxylation is 2. The van der Waals surface area contributed by atoms with Crippen molar-refractivity contribution in [3.8, 4) is 0 Å². The van der Waals surface area contributed by atoms with E-state index in [4.69, 9.17) is 4.74 Å². The van der Waals surface area contributed by atoms with Gasteiger partial charge in [0.05, 0.1) is 0 Å². The summed E-state index contributed by atoms with van der Waals surface area (Å²) < 4.78 is 5.35. The third kappa shape index (κ3) is 2.42. The Balaban J connectivity index is 2.07. The second-order valence-corrected chi connectivity index (χ2v) is 4.31. The van der Waals surface area contributed by atoms with Gasteiger partial charge < -0.3 is 10.1 Å². The van der Waals surface area contributed by atoms with Gasteiger partial charge in [0.1, 0.15) is 6.10 Å². The zero-order chi connectivity index (χ0) is 11.5. The van der Waals surface area contributed by atoms with Crippen LogP contribution in [0.15, 0.2) is 18.2 Å². The summed E-state index contributed by atoms with van der Waals surface area (Å²) in [5.74, 6) is -0.0220. The SMILES string of the molecule is Cc1ccc(C)c(NC(=O)[C@@H]2CCCO2)c1. The lowest BCUT2D eigenvalue weighted by Crippen LogP contribution is -2.27. The van der Waals surface area contributed by atoms with Crippen molar-refractivity contribution in [1.29, 1.82) is 0 Å². The number of carbonyl (C=O) groups is 1. The molecule has 0 saturated carbocycles. The molecule has 1 aliphatic rings. The molecule has 1 amide bonds. The summed E-state index contributed by atoms with van der Waals surface area (Å²) in [5, 5.41) is 2.93. The van der Waals surface area contributed by atoms with Crippen LogP contribution in [0.3, 0.4) is 0 Å². The Morgan fingerprint density at radius 3 is 2.94 bits per heavy atom. The molecule has 0 bridgehead atoms. The zero-order valence-corrected chi connectivity index (χ0v) is 9.75. The van der Waals surface area contributed by atoms with Crippen LogP contribution >= 0.6 is 0 Å². The van der Waals surface area contributed by atoms with Gasteiger partial charge in [0.2, 0.25) is 0 Å². The van der Waals surface area contributed by atoms with Gasteiger partial charge in [-0.3, -0.25) is 4.79 Å². The minimum absolute atomic E-state index is 0.0220. The molecule has 0 radical (unpaired) electrons. The molecule has 86 valence electrons. The van der Waals surface area contributed by atoms with Gasteiger partial charge in [0.15, 0.2) is 0 Å². The van der Waals surface area contributed by atoms with E-state index in [1.165, 1.54) is 0 Å². The normalized spacial score (nSPS) is 19.8. The number of hydrogen-bond acceptors (Lipinski definition) is 2. The van der Waals surface area contributed by atoms with Gasteiger partial charge in [-0.1, -0.05) is 12.1 Å². The van der Waals surface area contributed by atoms with Crippen molar-refractivity contribution < 1.29 is 9.53 Å². The van der Waals surface area contributed by atoms with Crippen LogP contribution in [-0.2, 0) is 9.53 Å². The fourth-order valence-electron chi connectivity index (χ4n) is 1.87. The van der Waals surface area contributed by atoms with Crippen LogP contribution in [0.4, 0.5) is 5.69 Å². The van der Waals surface area contributed by atoms with Gasteiger partial charge in [-0.25, -0.2) is 0 Å². The van der Waals surface area contributed by atoms with E-state index < -0.39 is 0 Å². The van der Waals surface area contributed by atoms with E-state index in [1.54, 1.807) is 0 Å². The van der Waals surface area contributed by atoms with Gasteiger partial charge in [-0.15, -0.1) is 0 Å². The first-order chi connectivity index (χ1) is 7.66. The van der Waals surface area contributed by atoms with Crippen molar-refractivity contribution in [2.24, 2.45) is 0 Å². The molecule has 1 fully saturated rings. The van der Waals surface area contributed by atoms with Crippen LogP contribution < -0.4 is 5.32 Å². The molecule has 1 heterocycles. The molecule has 1 atom stereocenters. The fraction of sp³-hybridized carbons (Fsp3) is 0.462. The molecule has 0 spiro atoms. The molecule has 0 unspecified atom stereocenters. The highest BCUT2D eigenvalue weighted by Crippen LogP contribution is 2.19. The van der Waals surface area contributed by atoms with Crippen molar-refractivity contribution in [3.63, 3.8) is 0 Å². The van der Waals surface area contributed by atoms with Crippen molar-refractivity contribution in [2.45, 2.75) is 32.8 Å². The van der Waals surface area contributed by atoms with Crippen LogP contribution in [0, 0.1) is 13.8 Å². The van der Waals surface area contributed by atoms with E-state index in [1.807, 2.05) is 32.0 Å². The lowest BCUT2D eigenvalue weighted by molar-refractivity contribution is -0.124. The first-order valence-corrected chi connectivity index (χ1v) is 5.66. The van der Waals surface area contributed by atoms with Crippen molar-refractivity contribution in [2.75, 3.05) is 11.9 Å². The summed E-state index contributed by atoms with van der Waals surface area (Å²) in [6.07, 6.45) is 1.54. The van der Waals surface area contributed by atoms with Gasteiger partial charge in [0, 0.05) is 12.3 Å². The lowest BCUT2D eigenvalue weighted by atomic mass is 10.1. The maximum absolute atomic E-state index is 11.8. The number of anilines is 1. The van der Waals surface area contributed by atoms with E-state index in [9.17, 15) is 4.79 Å². The minimum atomic E-state index is -0.264. The highest BCUT2D eigenvalue weighted by atomic mass is 16.5.